The van der Waals surface area contributed by atoms with Crippen LogP contribution in [0.25, 0.3) is 0 Å². The van der Waals surface area contributed by atoms with E-state index in [1.807, 2.05) is 25.1 Å². The van der Waals surface area contributed by atoms with Crippen LogP contribution in [0.3, 0.4) is 0 Å². The van der Waals surface area contributed by atoms with Crippen LogP contribution in [0.2, 0.25) is 0 Å². The Hall–Kier alpha value is -1.79. The van der Waals surface area contributed by atoms with Gasteiger partial charge in [0, 0.05) is 24.8 Å². The maximum Gasteiger partial charge on any atom is 0.227 e. The van der Waals surface area contributed by atoms with Gasteiger partial charge in [0.2, 0.25) is 11.8 Å². The topological polar surface area (TPSA) is 70.2 Å². The van der Waals surface area contributed by atoms with Crippen LogP contribution in [0.4, 0.5) is 0 Å². The summed E-state index contributed by atoms with van der Waals surface area (Å²) in [4.78, 5) is 24.8. The molecule has 1 heterocycles. The largest absolute Gasteiger partial charge is 0.356 e. The molecular formula is C22H31N3O2S. The number of allylic oxidation sites excluding steroid dienone is 1. The minimum absolute atomic E-state index is 0.0335. The molecule has 0 radical (unpaired) electrons. The van der Waals surface area contributed by atoms with Crippen molar-refractivity contribution >= 4 is 23.6 Å². The molecule has 0 saturated carbocycles. The van der Waals surface area contributed by atoms with Crippen molar-refractivity contribution in [2.45, 2.75) is 62.7 Å². The highest BCUT2D eigenvalue weighted by atomic mass is 32.2. The lowest BCUT2D eigenvalue weighted by atomic mass is 9.94. The average molecular weight is 402 g/mol. The fraction of sp³-hybridized carbons (Fsp3) is 0.545. The average Bonchev–Trinajstić information content (AvgIpc) is 2.71. The molecule has 1 aliphatic heterocycles. The van der Waals surface area contributed by atoms with Crippen LogP contribution in [-0.2, 0) is 15.3 Å². The highest BCUT2D eigenvalue weighted by Crippen LogP contribution is 2.22. The van der Waals surface area contributed by atoms with Crippen LogP contribution in [0, 0.1) is 5.92 Å². The lowest BCUT2D eigenvalue weighted by molar-refractivity contribution is -0.133. The molecule has 1 saturated heterocycles. The maximum atomic E-state index is 12.5. The molecule has 1 fully saturated rings. The maximum absolute atomic E-state index is 12.5. The molecule has 3 N–H and O–H groups in total. The van der Waals surface area contributed by atoms with Gasteiger partial charge in [0.15, 0.2) is 0 Å². The predicted octanol–water partition coefficient (Wildman–Crippen LogP) is 3.32. The summed E-state index contributed by atoms with van der Waals surface area (Å²) in [5, 5.41) is 9.41. The van der Waals surface area contributed by atoms with E-state index >= 15 is 0 Å². The van der Waals surface area contributed by atoms with Gasteiger partial charge in [-0.2, -0.15) is 0 Å². The molecule has 152 valence electrons. The van der Waals surface area contributed by atoms with Gasteiger partial charge in [-0.05, 0) is 44.6 Å². The van der Waals surface area contributed by atoms with E-state index in [4.69, 9.17) is 0 Å². The van der Waals surface area contributed by atoms with E-state index in [-0.39, 0.29) is 35.7 Å². The first-order valence-electron chi connectivity index (χ1n) is 10.3. The Morgan fingerprint density at radius 1 is 1.25 bits per heavy atom. The molecule has 1 aromatic rings. The van der Waals surface area contributed by atoms with Gasteiger partial charge < -0.3 is 10.6 Å². The van der Waals surface area contributed by atoms with Crippen LogP contribution in [-0.4, -0.2) is 29.9 Å². The molecule has 28 heavy (non-hydrogen) atoms. The summed E-state index contributed by atoms with van der Waals surface area (Å²) >= 11 is 1.66. The molecule has 3 atom stereocenters. The zero-order valence-electron chi connectivity index (χ0n) is 16.6. The third-order valence-electron chi connectivity index (χ3n) is 5.45. The third kappa shape index (κ3) is 6.38. The predicted molar refractivity (Wildman–Crippen MR) is 115 cm³/mol. The van der Waals surface area contributed by atoms with Gasteiger partial charge in [-0.3, -0.25) is 14.9 Å². The number of rotatable bonds is 8. The van der Waals surface area contributed by atoms with Gasteiger partial charge in [-0.25, -0.2) is 0 Å². The number of carbonyl (C=O) groups is 2. The van der Waals surface area contributed by atoms with Gasteiger partial charge in [0.1, 0.15) is 5.50 Å². The number of thioether (sulfide) groups is 1. The first kappa shape index (κ1) is 20.9. The van der Waals surface area contributed by atoms with Gasteiger partial charge in [0.25, 0.3) is 0 Å². The number of benzene rings is 1. The van der Waals surface area contributed by atoms with Crippen molar-refractivity contribution in [1.82, 2.24) is 16.0 Å². The Morgan fingerprint density at radius 2 is 2.07 bits per heavy atom. The molecule has 1 aromatic carbocycles. The van der Waals surface area contributed by atoms with Crippen LogP contribution < -0.4 is 16.0 Å². The van der Waals surface area contributed by atoms with Crippen molar-refractivity contribution in [3.05, 3.63) is 47.5 Å². The van der Waals surface area contributed by atoms with E-state index in [0.29, 0.717) is 6.54 Å². The highest BCUT2D eigenvalue weighted by molar-refractivity contribution is 7.99. The molecule has 3 unspecified atom stereocenters. The number of amides is 2. The molecule has 0 bridgehead atoms. The molecule has 3 rings (SSSR count). The fourth-order valence-corrected chi connectivity index (χ4v) is 4.80. The third-order valence-corrected chi connectivity index (χ3v) is 6.53. The van der Waals surface area contributed by atoms with E-state index in [1.165, 1.54) is 24.0 Å². The second kappa shape index (κ2) is 10.7. The smallest absolute Gasteiger partial charge is 0.227 e. The molecule has 2 aliphatic rings. The van der Waals surface area contributed by atoms with E-state index < -0.39 is 0 Å². The van der Waals surface area contributed by atoms with Gasteiger partial charge in [-0.1, -0.05) is 42.0 Å². The van der Waals surface area contributed by atoms with Crippen LogP contribution >= 0.6 is 11.8 Å². The van der Waals surface area contributed by atoms with E-state index in [9.17, 15) is 9.59 Å². The molecular weight excluding hydrogens is 370 g/mol. The standard InChI is InChI=1S/C22H31N3O2S/c1-16-19(14-20(26)23-13-12-17-8-4-2-5-9-17)21(27)25-22(24-16)28-15-18-10-6-3-7-11-18/h3,6-8,10-11,16,19,22,24H,2,4-5,9,12-15H2,1H3,(H,23,26)(H,25,27). The summed E-state index contributed by atoms with van der Waals surface area (Å²) in [6, 6.07) is 10.2. The summed E-state index contributed by atoms with van der Waals surface area (Å²) in [5.74, 6) is 0.414. The Bertz CT molecular complexity index is 692. The lowest BCUT2D eigenvalue weighted by Gasteiger charge is -2.35. The number of carbonyl (C=O) groups excluding carboxylic acids is 2. The van der Waals surface area contributed by atoms with Crippen molar-refractivity contribution in [3.8, 4) is 0 Å². The Kier molecular flexibility index (Phi) is 7.98. The summed E-state index contributed by atoms with van der Waals surface area (Å²) in [6.07, 6.45) is 8.33. The first-order valence-corrected chi connectivity index (χ1v) is 11.3. The molecule has 2 amide bonds. The Balaban J connectivity index is 1.39. The highest BCUT2D eigenvalue weighted by Gasteiger charge is 2.34. The lowest BCUT2D eigenvalue weighted by Crippen LogP contribution is -2.59. The minimum atomic E-state index is -0.331. The van der Waals surface area contributed by atoms with Crippen molar-refractivity contribution in [2.75, 3.05) is 6.54 Å². The molecule has 6 heteroatoms. The van der Waals surface area contributed by atoms with Gasteiger partial charge in [-0.15, -0.1) is 11.8 Å². The van der Waals surface area contributed by atoms with E-state index in [1.54, 1.807) is 11.8 Å². The Labute approximate surface area is 172 Å². The van der Waals surface area contributed by atoms with E-state index in [2.05, 4.69) is 34.2 Å². The quantitative estimate of drug-likeness (QED) is 0.585. The van der Waals surface area contributed by atoms with Crippen molar-refractivity contribution in [2.24, 2.45) is 5.92 Å². The summed E-state index contributed by atoms with van der Waals surface area (Å²) in [6.45, 7) is 2.65. The molecule has 0 aromatic heterocycles. The van der Waals surface area contributed by atoms with Crippen LogP contribution in [0.1, 0.15) is 51.0 Å². The van der Waals surface area contributed by atoms with Gasteiger partial charge in [0.05, 0.1) is 5.92 Å². The summed E-state index contributed by atoms with van der Waals surface area (Å²) in [7, 11) is 0. The second-order valence-electron chi connectivity index (χ2n) is 7.66. The zero-order valence-corrected chi connectivity index (χ0v) is 17.4. The van der Waals surface area contributed by atoms with Gasteiger partial charge >= 0.3 is 0 Å². The van der Waals surface area contributed by atoms with Crippen molar-refractivity contribution in [1.29, 1.82) is 0 Å². The summed E-state index contributed by atoms with van der Waals surface area (Å²) < 4.78 is 0. The summed E-state index contributed by atoms with van der Waals surface area (Å²) in [5.41, 5.74) is 2.56. The van der Waals surface area contributed by atoms with Crippen molar-refractivity contribution < 1.29 is 9.59 Å². The Morgan fingerprint density at radius 3 is 2.79 bits per heavy atom. The number of hydrogen-bond donors (Lipinski definition) is 3. The molecule has 5 nitrogen and oxygen atoms in total. The second-order valence-corrected chi connectivity index (χ2v) is 8.75. The van der Waals surface area contributed by atoms with E-state index in [0.717, 1.165) is 25.0 Å². The normalized spacial score (nSPS) is 25.0. The zero-order chi connectivity index (χ0) is 19.8. The van der Waals surface area contributed by atoms with Crippen molar-refractivity contribution in [3.63, 3.8) is 0 Å². The number of nitrogens with one attached hydrogen (secondary N) is 3. The first-order chi connectivity index (χ1) is 13.6. The number of hydrogen-bond acceptors (Lipinski definition) is 4. The van der Waals surface area contributed by atoms with Crippen LogP contribution in [0.15, 0.2) is 42.0 Å². The fourth-order valence-electron chi connectivity index (χ4n) is 3.74. The monoisotopic (exact) mass is 401 g/mol. The van der Waals surface area contributed by atoms with Crippen LogP contribution in [0.5, 0.6) is 0 Å². The SMILES string of the molecule is CC1NC(SCc2ccccc2)NC(=O)C1CC(=O)NCCC1=CCCCC1. The molecule has 1 aliphatic carbocycles. The molecule has 0 spiro atoms. The minimum Gasteiger partial charge on any atom is -0.356 e.